The Bertz CT molecular complexity index is 529. The lowest BCUT2D eigenvalue weighted by Gasteiger charge is -2.16. The standard InChI is InChI=1S/C16H18N2O2/c19-12-15(9-13-5-2-1-3-6-13)18-16(20)10-14-7-4-8-17-11-14/h1-8,11,15,19H,9-10,12H2,(H,18,20). The molecule has 0 saturated carbocycles. The average Bonchev–Trinajstić information content (AvgIpc) is 2.48. The minimum Gasteiger partial charge on any atom is -0.394 e. The Morgan fingerprint density at radius 2 is 1.90 bits per heavy atom. The van der Waals surface area contributed by atoms with Crippen molar-refractivity contribution < 1.29 is 9.90 Å². The molecule has 0 fully saturated rings. The van der Waals surface area contributed by atoms with E-state index in [9.17, 15) is 9.90 Å². The van der Waals surface area contributed by atoms with E-state index in [2.05, 4.69) is 10.3 Å². The number of aliphatic hydroxyl groups is 1. The molecular weight excluding hydrogens is 252 g/mol. The first kappa shape index (κ1) is 14.2. The maximum absolute atomic E-state index is 11.9. The highest BCUT2D eigenvalue weighted by molar-refractivity contribution is 5.78. The van der Waals surface area contributed by atoms with Gasteiger partial charge in [-0.2, -0.15) is 0 Å². The van der Waals surface area contributed by atoms with Crippen LogP contribution in [0, 0.1) is 0 Å². The molecule has 0 bridgehead atoms. The summed E-state index contributed by atoms with van der Waals surface area (Å²) < 4.78 is 0. The number of carbonyl (C=O) groups is 1. The van der Waals surface area contributed by atoms with Crippen LogP contribution < -0.4 is 5.32 Å². The van der Waals surface area contributed by atoms with Gasteiger partial charge in [-0.25, -0.2) is 0 Å². The van der Waals surface area contributed by atoms with Crippen molar-refractivity contribution in [2.24, 2.45) is 0 Å². The normalized spacial score (nSPS) is 11.8. The van der Waals surface area contributed by atoms with Gasteiger partial charge in [0.1, 0.15) is 0 Å². The summed E-state index contributed by atoms with van der Waals surface area (Å²) in [6, 6.07) is 13.2. The second-order valence-electron chi connectivity index (χ2n) is 4.67. The van der Waals surface area contributed by atoms with E-state index in [1.807, 2.05) is 36.4 Å². The maximum Gasteiger partial charge on any atom is 0.224 e. The van der Waals surface area contributed by atoms with Gasteiger partial charge in [-0.3, -0.25) is 9.78 Å². The van der Waals surface area contributed by atoms with Crippen molar-refractivity contribution in [3.8, 4) is 0 Å². The summed E-state index contributed by atoms with van der Waals surface area (Å²) in [7, 11) is 0. The predicted octanol–water partition coefficient (Wildman–Crippen LogP) is 1.34. The second-order valence-corrected chi connectivity index (χ2v) is 4.67. The first-order chi connectivity index (χ1) is 9.78. The fourth-order valence-electron chi connectivity index (χ4n) is 2.03. The van der Waals surface area contributed by atoms with Crippen molar-refractivity contribution >= 4 is 5.91 Å². The lowest BCUT2D eigenvalue weighted by Crippen LogP contribution is -2.39. The highest BCUT2D eigenvalue weighted by atomic mass is 16.3. The smallest absolute Gasteiger partial charge is 0.224 e. The number of amides is 1. The average molecular weight is 270 g/mol. The second kappa shape index (κ2) is 7.40. The van der Waals surface area contributed by atoms with Crippen LogP contribution in [0.2, 0.25) is 0 Å². The topological polar surface area (TPSA) is 62.2 Å². The van der Waals surface area contributed by atoms with E-state index in [4.69, 9.17) is 0 Å². The van der Waals surface area contributed by atoms with Gasteiger partial charge in [-0.05, 0) is 23.6 Å². The molecule has 20 heavy (non-hydrogen) atoms. The third kappa shape index (κ3) is 4.48. The summed E-state index contributed by atoms with van der Waals surface area (Å²) in [4.78, 5) is 15.9. The van der Waals surface area contributed by atoms with Gasteiger partial charge in [0.25, 0.3) is 0 Å². The SMILES string of the molecule is O=C(Cc1cccnc1)NC(CO)Cc1ccccc1. The lowest BCUT2D eigenvalue weighted by molar-refractivity contribution is -0.121. The van der Waals surface area contributed by atoms with Gasteiger partial charge in [0.05, 0.1) is 19.1 Å². The Kier molecular flexibility index (Phi) is 5.26. The molecule has 0 saturated heterocycles. The maximum atomic E-state index is 11.9. The number of aromatic nitrogens is 1. The van der Waals surface area contributed by atoms with Crippen LogP contribution in [0.1, 0.15) is 11.1 Å². The summed E-state index contributed by atoms with van der Waals surface area (Å²) in [5, 5.41) is 12.2. The van der Waals surface area contributed by atoms with Crippen molar-refractivity contribution in [2.45, 2.75) is 18.9 Å². The van der Waals surface area contributed by atoms with Gasteiger partial charge in [0, 0.05) is 12.4 Å². The molecule has 2 aromatic rings. The molecule has 1 heterocycles. The highest BCUT2D eigenvalue weighted by Gasteiger charge is 2.12. The summed E-state index contributed by atoms with van der Waals surface area (Å²) in [5.74, 6) is -0.104. The van der Waals surface area contributed by atoms with E-state index in [0.29, 0.717) is 6.42 Å². The van der Waals surface area contributed by atoms with E-state index < -0.39 is 0 Å². The van der Waals surface area contributed by atoms with E-state index >= 15 is 0 Å². The molecule has 0 aliphatic rings. The minimum absolute atomic E-state index is 0.0757. The minimum atomic E-state index is -0.262. The summed E-state index contributed by atoms with van der Waals surface area (Å²) in [6.07, 6.45) is 4.24. The molecule has 0 radical (unpaired) electrons. The fourth-order valence-corrected chi connectivity index (χ4v) is 2.03. The zero-order valence-electron chi connectivity index (χ0n) is 11.2. The lowest BCUT2D eigenvalue weighted by atomic mass is 10.1. The van der Waals surface area contributed by atoms with E-state index in [-0.39, 0.29) is 25.0 Å². The number of aliphatic hydroxyl groups excluding tert-OH is 1. The van der Waals surface area contributed by atoms with Crippen molar-refractivity contribution in [3.63, 3.8) is 0 Å². The Hall–Kier alpha value is -2.20. The number of nitrogens with zero attached hydrogens (tertiary/aromatic N) is 1. The van der Waals surface area contributed by atoms with E-state index in [1.54, 1.807) is 18.5 Å². The number of benzene rings is 1. The summed E-state index contributed by atoms with van der Waals surface area (Å²) in [5.41, 5.74) is 1.95. The Morgan fingerprint density at radius 1 is 1.15 bits per heavy atom. The molecule has 4 heteroatoms. The van der Waals surface area contributed by atoms with Gasteiger partial charge in [0.15, 0.2) is 0 Å². The number of carbonyl (C=O) groups excluding carboxylic acids is 1. The summed E-state index contributed by atoms with van der Waals surface area (Å²) >= 11 is 0. The van der Waals surface area contributed by atoms with Crippen LogP contribution in [0.15, 0.2) is 54.9 Å². The molecule has 1 aromatic heterocycles. The molecule has 1 unspecified atom stereocenters. The largest absolute Gasteiger partial charge is 0.394 e. The molecule has 0 aliphatic carbocycles. The highest BCUT2D eigenvalue weighted by Crippen LogP contribution is 2.04. The van der Waals surface area contributed by atoms with Gasteiger partial charge in [-0.15, -0.1) is 0 Å². The molecule has 4 nitrogen and oxygen atoms in total. The van der Waals surface area contributed by atoms with E-state index in [1.165, 1.54) is 0 Å². The number of rotatable bonds is 6. The first-order valence-corrected chi connectivity index (χ1v) is 6.61. The molecule has 1 amide bonds. The van der Waals surface area contributed by atoms with Crippen LogP contribution >= 0.6 is 0 Å². The van der Waals surface area contributed by atoms with Gasteiger partial charge in [0.2, 0.25) is 5.91 Å². The molecular formula is C16H18N2O2. The molecule has 1 atom stereocenters. The van der Waals surface area contributed by atoms with Crippen LogP contribution in [0.5, 0.6) is 0 Å². The monoisotopic (exact) mass is 270 g/mol. The molecule has 0 aliphatic heterocycles. The van der Waals surface area contributed by atoms with Crippen LogP contribution in [0.3, 0.4) is 0 Å². The number of hydrogen-bond acceptors (Lipinski definition) is 3. The predicted molar refractivity (Wildman–Crippen MR) is 77.1 cm³/mol. The zero-order chi connectivity index (χ0) is 14.2. The van der Waals surface area contributed by atoms with Crippen LogP contribution in [0.25, 0.3) is 0 Å². The quantitative estimate of drug-likeness (QED) is 0.832. The van der Waals surface area contributed by atoms with Gasteiger partial charge in [-0.1, -0.05) is 36.4 Å². The number of nitrogens with one attached hydrogen (secondary N) is 1. The van der Waals surface area contributed by atoms with Crippen molar-refractivity contribution in [1.82, 2.24) is 10.3 Å². The molecule has 0 spiro atoms. The summed E-state index contributed by atoms with van der Waals surface area (Å²) in [6.45, 7) is -0.0757. The molecule has 1 aromatic carbocycles. The third-order valence-corrected chi connectivity index (χ3v) is 3.00. The van der Waals surface area contributed by atoms with Crippen LogP contribution in [-0.4, -0.2) is 28.6 Å². The Balaban J connectivity index is 1.88. The van der Waals surface area contributed by atoms with Crippen molar-refractivity contribution in [1.29, 1.82) is 0 Å². The first-order valence-electron chi connectivity index (χ1n) is 6.61. The number of hydrogen-bond donors (Lipinski definition) is 2. The zero-order valence-corrected chi connectivity index (χ0v) is 11.2. The van der Waals surface area contributed by atoms with Crippen LogP contribution in [0.4, 0.5) is 0 Å². The van der Waals surface area contributed by atoms with Crippen LogP contribution in [-0.2, 0) is 17.6 Å². The third-order valence-electron chi connectivity index (χ3n) is 3.00. The Morgan fingerprint density at radius 3 is 2.55 bits per heavy atom. The van der Waals surface area contributed by atoms with Crippen molar-refractivity contribution in [3.05, 3.63) is 66.0 Å². The Labute approximate surface area is 118 Å². The van der Waals surface area contributed by atoms with Gasteiger partial charge >= 0.3 is 0 Å². The van der Waals surface area contributed by atoms with E-state index in [0.717, 1.165) is 11.1 Å². The molecule has 2 N–H and O–H groups in total. The molecule has 2 rings (SSSR count). The molecule has 104 valence electrons. The van der Waals surface area contributed by atoms with Crippen molar-refractivity contribution in [2.75, 3.05) is 6.61 Å². The van der Waals surface area contributed by atoms with Gasteiger partial charge < -0.3 is 10.4 Å². The number of pyridine rings is 1. The fraction of sp³-hybridized carbons (Fsp3) is 0.250.